The predicted molar refractivity (Wildman–Crippen MR) is 85.3 cm³/mol. The topological polar surface area (TPSA) is 46.6 Å². The van der Waals surface area contributed by atoms with E-state index in [2.05, 4.69) is 0 Å². The lowest BCUT2D eigenvalue weighted by atomic mass is 9.94. The minimum Gasteiger partial charge on any atom is -0.469 e. The van der Waals surface area contributed by atoms with Crippen LogP contribution < -0.4 is 0 Å². The predicted octanol–water partition coefficient (Wildman–Crippen LogP) is 2.85. The Labute approximate surface area is 132 Å². The fourth-order valence-electron chi connectivity index (χ4n) is 3.06. The third-order valence-electron chi connectivity index (χ3n) is 4.85. The number of carbonyl (C=O) groups is 2. The Kier molecular flexibility index (Phi) is 5.97. The smallest absolute Gasteiger partial charge is 0.306 e. The van der Waals surface area contributed by atoms with Crippen LogP contribution in [0.25, 0.3) is 0 Å². The number of carbonyl (C=O) groups excluding carboxylic acids is 2. The van der Waals surface area contributed by atoms with Gasteiger partial charge in [-0.25, -0.2) is 0 Å². The number of hydrogen-bond acceptors (Lipinski definition) is 4. The molecule has 0 aromatic heterocycles. The molecule has 2 fully saturated rings. The number of methoxy groups -OCH3 is 1. The first-order valence-corrected chi connectivity index (χ1v) is 9.12. The molecule has 120 valence electrons. The first-order chi connectivity index (χ1) is 10.1. The molecule has 5 heteroatoms. The second-order valence-corrected chi connectivity index (χ2v) is 7.53. The molecule has 0 bridgehead atoms. The van der Waals surface area contributed by atoms with Gasteiger partial charge in [-0.15, -0.1) is 0 Å². The summed E-state index contributed by atoms with van der Waals surface area (Å²) in [4.78, 5) is 25.6. The fourth-order valence-corrected chi connectivity index (χ4v) is 4.36. The van der Waals surface area contributed by atoms with Crippen LogP contribution >= 0.6 is 11.8 Å². The Balaban J connectivity index is 1.68. The Bertz CT molecular complexity index is 376. The first-order valence-electron chi connectivity index (χ1n) is 7.96. The lowest BCUT2D eigenvalue weighted by Crippen LogP contribution is -2.39. The van der Waals surface area contributed by atoms with Crippen LogP contribution in [-0.2, 0) is 14.3 Å². The van der Waals surface area contributed by atoms with Gasteiger partial charge in [0, 0.05) is 13.1 Å². The molecule has 0 saturated heterocycles. The Morgan fingerprint density at radius 3 is 2.48 bits per heavy atom. The van der Waals surface area contributed by atoms with Gasteiger partial charge in [0.15, 0.2) is 0 Å². The molecule has 2 aliphatic rings. The zero-order valence-electron chi connectivity index (χ0n) is 13.2. The second kappa shape index (κ2) is 7.52. The van der Waals surface area contributed by atoms with Crippen LogP contribution in [0.15, 0.2) is 0 Å². The average molecular weight is 313 g/mol. The van der Waals surface area contributed by atoms with Crippen LogP contribution in [0.2, 0.25) is 0 Å². The third kappa shape index (κ3) is 4.90. The molecule has 2 aliphatic carbocycles. The van der Waals surface area contributed by atoms with Crippen LogP contribution in [0.3, 0.4) is 0 Å². The summed E-state index contributed by atoms with van der Waals surface area (Å²) in [5, 5.41) is 0. The standard InChI is InChI=1S/C16H27NO3S/c1-17(13-6-4-3-5-7-13)14(18)11-21-12-16(8-9-16)10-15(19)20-2/h13H,3-12H2,1-2H3. The van der Waals surface area contributed by atoms with Gasteiger partial charge in [0.05, 0.1) is 19.3 Å². The summed E-state index contributed by atoms with van der Waals surface area (Å²) in [5.41, 5.74) is 0.113. The van der Waals surface area contributed by atoms with Crippen molar-refractivity contribution in [3.8, 4) is 0 Å². The summed E-state index contributed by atoms with van der Waals surface area (Å²) in [7, 11) is 3.38. The summed E-state index contributed by atoms with van der Waals surface area (Å²) in [6.45, 7) is 0. The van der Waals surface area contributed by atoms with Gasteiger partial charge < -0.3 is 9.64 Å². The Hall–Kier alpha value is -0.710. The highest BCUT2D eigenvalue weighted by Gasteiger charge is 2.44. The van der Waals surface area contributed by atoms with E-state index in [0.717, 1.165) is 31.4 Å². The van der Waals surface area contributed by atoms with Crippen molar-refractivity contribution in [1.82, 2.24) is 4.90 Å². The Morgan fingerprint density at radius 2 is 1.90 bits per heavy atom. The van der Waals surface area contributed by atoms with E-state index in [9.17, 15) is 9.59 Å². The van der Waals surface area contributed by atoms with Crippen LogP contribution in [0, 0.1) is 5.41 Å². The van der Waals surface area contributed by atoms with Crippen LogP contribution in [0.4, 0.5) is 0 Å². The van der Waals surface area contributed by atoms with Crippen molar-refractivity contribution in [2.24, 2.45) is 5.41 Å². The number of ether oxygens (including phenoxy) is 1. The van der Waals surface area contributed by atoms with E-state index in [0.29, 0.717) is 18.2 Å². The molecule has 0 atom stereocenters. The maximum Gasteiger partial charge on any atom is 0.306 e. The molecule has 0 aromatic rings. The van der Waals surface area contributed by atoms with Crippen molar-refractivity contribution in [2.45, 2.75) is 57.4 Å². The van der Waals surface area contributed by atoms with E-state index in [1.54, 1.807) is 11.8 Å². The van der Waals surface area contributed by atoms with Crippen LogP contribution in [0.5, 0.6) is 0 Å². The summed E-state index contributed by atoms with van der Waals surface area (Å²) < 4.78 is 4.75. The van der Waals surface area contributed by atoms with Gasteiger partial charge in [0.25, 0.3) is 0 Å². The van der Waals surface area contributed by atoms with Crippen molar-refractivity contribution in [2.75, 3.05) is 25.7 Å². The first kappa shape index (κ1) is 16.7. The molecule has 1 amide bonds. The molecular weight excluding hydrogens is 286 g/mol. The van der Waals surface area contributed by atoms with Gasteiger partial charge >= 0.3 is 5.97 Å². The van der Waals surface area contributed by atoms with Crippen molar-refractivity contribution < 1.29 is 14.3 Å². The highest BCUT2D eigenvalue weighted by molar-refractivity contribution is 7.99. The molecule has 21 heavy (non-hydrogen) atoms. The number of nitrogens with zero attached hydrogens (tertiary/aromatic N) is 1. The van der Waals surface area contributed by atoms with Crippen LogP contribution in [-0.4, -0.2) is 48.5 Å². The van der Waals surface area contributed by atoms with Gasteiger partial charge in [-0.1, -0.05) is 19.3 Å². The lowest BCUT2D eigenvalue weighted by Gasteiger charge is -2.31. The largest absolute Gasteiger partial charge is 0.469 e. The van der Waals surface area contributed by atoms with E-state index >= 15 is 0 Å². The molecule has 0 aliphatic heterocycles. The summed E-state index contributed by atoms with van der Waals surface area (Å²) >= 11 is 1.68. The normalized spacial score (nSPS) is 20.9. The minimum absolute atomic E-state index is 0.113. The maximum absolute atomic E-state index is 12.2. The Morgan fingerprint density at radius 1 is 1.24 bits per heavy atom. The summed E-state index contributed by atoms with van der Waals surface area (Å²) in [6.07, 6.45) is 8.78. The van der Waals surface area contributed by atoms with Gasteiger partial charge in [-0.2, -0.15) is 11.8 Å². The third-order valence-corrected chi connectivity index (χ3v) is 6.12. The summed E-state index contributed by atoms with van der Waals surface area (Å²) in [5.74, 6) is 1.54. The molecule has 0 heterocycles. The molecule has 0 N–H and O–H groups in total. The summed E-state index contributed by atoms with van der Waals surface area (Å²) in [6, 6.07) is 0.441. The van der Waals surface area contributed by atoms with Crippen molar-refractivity contribution in [1.29, 1.82) is 0 Å². The van der Waals surface area contributed by atoms with Crippen LogP contribution in [0.1, 0.15) is 51.4 Å². The van der Waals surface area contributed by atoms with E-state index < -0.39 is 0 Å². The zero-order valence-corrected chi connectivity index (χ0v) is 14.0. The fraction of sp³-hybridized carbons (Fsp3) is 0.875. The number of rotatable bonds is 7. The second-order valence-electron chi connectivity index (χ2n) is 6.54. The minimum atomic E-state index is -0.126. The molecule has 2 rings (SSSR count). The number of hydrogen-bond donors (Lipinski definition) is 0. The molecule has 0 unspecified atom stereocenters. The van der Waals surface area contributed by atoms with Gasteiger partial charge in [0.2, 0.25) is 5.91 Å². The van der Waals surface area contributed by atoms with Gasteiger partial charge in [-0.3, -0.25) is 9.59 Å². The van der Waals surface area contributed by atoms with Crippen molar-refractivity contribution >= 4 is 23.6 Å². The molecule has 0 radical (unpaired) electrons. The van der Waals surface area contributed by atoms with Gasteiger partial charge in [0.1, 0.15) is 0 Å². The molecular formula is C16H27NO3S. The zero-order chi connectivity index (χ0) is 15.3. The highest BCUT2D eigenvalue weighted by atomic mass is 32.2. The van der Waals surface area contributed by atoms with E-state index in [4.69, 9.17) is 4.74 Å². The monoisotopic (exact) mass is 313 g/mol. The van der Waals surface area contributed by atoms with E-state index in [-0.39, 0.29) is 17.3 Å². The van der Waals surface area contributed by atoms with Crippen molar-refractivity contribution in [3.05, 3.63) is 0 Å². The number of amides is 1. The average Bonchev–Trinajstić information content (AvgIpc) is 3.26. The van der Waals surface area contributed by atoms with E-state index in [1.807, 2.05) is 11.9 Å². The quantitative estimate of drug-likeness (QED) is 0.678. The molecule has 0 spiro atoms. The van der Waals surface area contributed by atoms with Crippen molar-refractivity contribution in [3.63, 3.8) is 0 Å². The molecule has 0 aromatic carbocycles. The van der Waals surface area contributed by atoms with E-state index in [1.165, 1.54) is 26.4 Å². The molecule has 2 saturated carbocycles. The van der Waals surface area contributed by atoms with Gasteiger partial charge in [-0.05, 0) is 36.9 Å². The lowest BCUT2D eigenvalue weighted by molar-refractivity contribution is -0.141. The maximum atomic E-state index is 12.2. The SMILES string of the molecule is COC(=O)CC1(CSCC(=O)N(C)C2CCCCC2)CC1. The molecule has 4 nitrogen and oxygen atoms in total. The number of thioether (sulfide) groups is 1. The number of esters is 1. The highest BCUT2D eigenvalue weighted by Crippen LogP contribution is 2.51.